The van der Waals surface area contributed by atoms with Crippen molar-refractivity contribution >= 4 is 17.5 Å². The molecule has 0 aliphatic heterocycles. The number of methoxy groups -OCH3 is 1. The number of alkyl halides is 3. The Morgan fingerprint density at radius 1 is 1.24 bits per heavy atom. The minimum atomic E-state index is -4.41. The van der Waals surface area contributed by atoms with Gasteiger partial charge in [0.2, 0.25) is 5.91 Å². The summed E-state index contributed by atoms with van der Waals surface area (Å²) in [6.07, 6.45) is -4.41. The average Bonchev–Trinajstić information content (AvgIpc) is 2.50. The van der Waals surface area contributed by atoms with Crippen LogP contribution in [0.15, 0.2) is 24.3 Å². The highest BCUT2D eigenvalue weighted by atomic mass is 19.4. The zero-order valence-corrected chi connectivity index (χ0v) is 14.4. The van der Waals surface area contributed by atoms with E-state index in [0.717, 1.165) is 4.90 Å². The molecular weight excluding hydrogens is 339 g/mol. The Kier molecular flexibility index (Phi) is 7.85. The first-order valence-corrected chi connectivity index (χ1v) is 7.52. The second-order valence-electron chi connectivity index (χ2n) is 5.65. The van der Waals surface area contributed by atoms with Gasteiger partial charge in [-0.1, -0.05) is 6.07 Å². The predicted octanol–water partition coefficient (Wildman–Crippen LogP) is 1.84. The normalized spacial score (nSPS) is 11.5. The summed E-state index contributed by atoms with van der Waals surface area (Å²) in [6.45, 7) is -1.59. The van der Waals surface area contributed by atoms with Crippen LogP contribution < -0.4 is 5.32 Å². The van der Waals surface area contributed by atoms with Crippen LogP contribution in [0.3, 0.4) is 0 Å². The van der Waals surface area contributed by atoms with Crippen molar-refractivity contribution in [1.82, 2.24) is 9.80 Å². The van der Waals surface area contributed by atoms with Crippen molar-refractivity contribution in [2.24, 2.45) is 0 Å². The molecular formula is C16H22F3N3O3. The molecule has 0 aliphatic rings. The van der Waals surface area contributed by atoms with Crippen LogP contribution in [-0.4, -0.2) is 75.2 Å². The van der Waals surface area contributed by atoms with Gasteiger partial charge in [0, 0.05) is 39.0 Å². The lowest BCUT2D eigenvalue weighted by Gasteiger charge is -2.22. The molecule has 1 N–H and O–H groups in total. The van der Waals surface area contributed by atoms with Crippen LogP contribution in [0.25, 0.3) is 0 Å². The maximum absolute atomic E-state index is 12.6. The number of carbonyl (C=O) groups excluding carboxylic acids is 2. The molecule has 0 atom stereocenters. The molecule has 0 spiro atoms. The van der Waals surface area contributed by atoms with E-state index >= 15 is 0 Å². The first-order chi connectivity index (χ1) is 11.6. The molecule has 9 heteroatoms. The van der Waals surface area contributed by atoms with E-state index < -0.39 is 25.2 Å². The van der Waals surface area contributed by atoms with E-state index in [2.05, 4.69) is 5.32 Å². The van der Waals surface area contributed by atoms with Crippen LogP contribution in [0.4, 0.5) is 18.9 Å². The highest BCUT2D eigenvalue weighted by molar-refractivity contribution is 5.97. The van der Waals surface area contributed by atoms with Crippen molar-refractivity contribution in [2.75, 3.05) is 52.8 Å². The van der Waals surface area contributed by atoms with Crippen molar-refractivity contribution in [3.05, 3.63) is 29.8 Å². The van der Waals surface area contributed by atoms with Gasteiger partial charge in [0.15, 0.2) is 0 Å². The molecule has 2 amide bonds. The Morgan fingerprint density at radius 3 is 2.48 bits per heavy atom. The maximum atomic E-state index is 12.6. The van der Waals surface area contributed by atoms with Gasteiger partial charge < -0.3 is 15.0 Å². The standard InChI is InChI=1S/C16H22F3N3O3/c1-21(2)15(24)12-5-4-6-13(9-12)20-14(23)10-22(7-8-25-3)11-16(17,18)19/h4-6,9H,7-8,10-11H2,1-3H3,(H,20,23). The number of ether oxygens (including phenoxy) is 1. The van der Waals surface area contributed by atoms with Gasteiger partial charge in [-0.15, -0.1) is 0 Å². The molecule has 0 fully saturated rings. The zero-order chi connectivity index (χ0) is 19.0. The van der Waals surface area contributed by atoms with Crippen molar-refractivity contribution in [3.8, 4) is 0 Å². The Morgan fingerprint density at radius 2 is 1.92 bits per heavy atom. The maximum Gasteiger partial charge on any atom is 0.401 e. The van der Waals surface area contributed by atoms with Gasteiger partial charge in [0.05, 0.1) is 19.7 Å². The van der Waals surface area contributed by atoms with E-state index in [1.807, 2.05) is 0 Å². The zero-order valence-electron chi connectivity index (χ0n) is 14.4. The van der Waals surface area contributed by atoms with Crippen LogP contribution in [0.5, 0.6) is 0 Å². The lowest BCUT2D eigenvalue weighted by atomic mass is 10.2. The Bertz CT molecular complexity index is 591. The Labute approximate surface area is 144 Å². The second kappa shape index (κ2) is 9.38. The molecule has 0 saturated heterocycles. The lowest BCUT2D eigenvalue weighted by Crippen LogP contribution is -2.41. The van der Waals surface area contributed by atoms with E-state index in [-0.39, 0.29) is 19.1 Å². The molecule has 0 unspecified atom stereocenters. The first-order valence-electron chi connectivity index (χ1n) is 7.52. The largest absolute Gasteiger partial charge is 0.401 e. The van der Waals surface area contributed by atoms with Crippen LogP contribution in [0.2, 0.25) is 0 Å². The molecule has 0 bridgehead atoms. The van der Waals surface area contributed by atoms with Crippen LogP contribution in [0.1, 0.15) is 10.4 Å². The molecule has 1 aromatic carbocycles. The number of nitrogens with one attached hydrogen (secondary N) is 1. The monoisotopic (exact) mass is 361 g/mol. The first kappa shape index (κ1) is 20.9. The number of hydrogen-bond acceptors (Lipinski definition) is 4. The van der Waals surface area contributed by atoms with Crippen LogP contribution >= 0.6 is 0 Å². The summed E-state index contributed by atoms with van der Waals surface area (Å²) in [6, 6.07) is 6.22. The highest BCUT2D eigenvalue weighted by Gasteiger charge is 2.31. The molecule has 25 heavy (non-hydrogen) atoms. The summed E-state index contributed by atoms with van der Waals surface area (Å²) in [4.78, 5) is 26.3. The number of anilines is 1. The number of amides is 2. The number of rotatable bonds is 8. The number of nitrogens with zero attached hydrogens (tertiary/aromatic N) is 2. The average molecular weight is 361 g/mol. The Balaban J connectivity index is 2.73. The van der Waals surface area contributed by atoms with Crippen molar-refractivity contribution in [2.45, 2.75) is 6.18 Å². The topological polar surface area (TPSA) is 61.9 Å². The fourth-order valence-corrected chi connectivity index (χ4v) is 2.08. The third-order valence-electron chi connectivity index (χ3n) is 3.18. The van der Waals surface area contributed by atoms with Gasteiger partial charge in [-0.25, -0.2) is 0 Å². The summed E-state index contributed by atoms with van der Waals surface area (Å²) >= 11 is 0. The van der Waals surface area contributed by atoms with Crippen molar-refractivity contribution in [1.29, 1.82) is 0 Å². The van der Waals surface area contributed by atoms with Gasteiger partial charge in [-0.05, 0) is 18.2 Å². The summed E-state index contributed by atoms with van der Waals surface area (Å²) in [5.74, 6) is -0.843. The molecule has 0 aromatic heterocycles. The summed E-state index contributed by atoms with van der Waals surface area (Å²) < 4.78 is 42.5. The number of benzene rings is 1. The van der Waals surface area contributed by atoms with E-state index in [9.17, 15) is 22.8 Å². The highest BCUT2D eigenvalue weighted by Crippen LogP contribution is 2.17. The molecule has 0 aliphatic carbocycles. The van der Waals surface area contributed by atoms with Gasteiger partial charge in [0.1, 0.15) is 0 Å². The third kappa shape index (κ3) is 7.99. The fourth-order valence-electron chi connectivity index (χ4n) is 2.08. The molecule has 140 valence electrons. The van der Waals surface area contributed by atoms with Gasteiger partial charge >= 0.3 is 6.18 Å². The number of halogens is 3. The van der Waals surface area contributed by atoms with Crippen LogP contribution in [-0.2, 0) is 9.53 Å². The van der Waals surface area contributed by atoms with Crippen molar-refractivity contribution < 1.29 is 27.5 Å². The van der Waals surface area contributed by atoms with E-state index in [1.165, 1.54) is 18.1 Å². The molecule has 1 rings (SSSR count). The number of carbonyl (C=O) groups is 2. The molecule has 0 saturated carbocycles. The summed E-state index contributed by atoms with van der Waals surface area (Å²) in [7, 11) is 4.57. The molecule has 1 aromatic rings. The SMILES string of the molecule is COCCN(CC(=O)Nc1cccc(C(=O)N(C)C)c1)CC(F)(F)F. The van der Waals surface area contributed by atoms with Gasteiger partial charge in [-0.2, -0.15) is 13.2 Å². The minimum absolute atomic E-state index is 0.0252. The quantitative estimate of drug-likeness (QED) is 0.768. The Hall–Kier alpha value is -2.13. The minimum Gasteiger partial charge on any atom is -0.383 e. The van der Waals surface area contributed by atoms with E-state index in [4.69, 9.17) is 4.74 Å². The summed E-state index contributed by atoms with van der Waals surface area (Å²) in [5.41, 5.74) is 0.714. The smallest absolute Gasteiger partial charge is 0.383 e. The van der Waals surface area contributed by atoms with Gasteiger partial charge in [0.25, 0.3) is 5.91 Å². The van der Waals surface area contributed by atoms with E-state index in [0.29, 0.717) is 11.3 Å². The second-order valence-corrected chi connectivity index (χ2v) is 5.65. The van der Waals surface area contributed by atoms with Crippen molar-refractivity contribution in [3.63, 3.8) is 0 Å². The fraction of sp³-hybridized carbons (Fsp3) is 0.500. The molecule has 0 radical (unpaired) electrons. The number of hydrogen-bond donors (Lipinski definition) is 1. The predicted molar refractivity (Wildman–Crippen MR) is 87.5 cm³/mol. The van der Waals surface area contributed by atoms with Crippen LogP contribution in [0, 0.1) is 0 Å². The van der Waals surface area contributed by atoms with Gasteiger partial charge in [-0.3, -0.25) is 14.5 Å². The van der Waals surface area contributed by atoms with E-state index in [1.54, 1.807) is 32.3 Å². The lowest BCUT2D eigenvalue weighted by molar-refractivity contribution is -0.149. The summed E-state index contributed by atoms with van der Waals surface area (Å²) in [5, 5.41) is 2.51. The molecule has 6 nitrogen and oxygen atoms in total. The third-order valence-corrected chi connectivity index (χ3v) is 3.18. The molecule has 0 heterocycles.